The standard InChI is InChI=1S/C12H18O3/c1-12(2,3)11(14)8-5-6-9(13)10(7-8)15-4/h5-7,11,13-14H,1-4H3. The van der Waals surface area contributed by atoms with Crippen molar-refractivity contribution in [3.63, 3.8) is 0 Å². The lowest BCUT2D eigenvalue weighted by molar-refractivity contribution is 0.0624. The number of phenolic OH excluding ortho intramolecular Hbond substituents is 1. The number of rotatable bonds is 2. The number of benzene rings is 1. The van der Waals surface area contributed by atoms with Crippen LogP contribution >= 0.6 is 0 Å². The molecule has 0 amide bonds. The minimum Gasteiger partial charge on any atom is -0.504 e. The third-order valence-electron chi connectivity index (χ3n) is 2.34. The largest absolute Gasteiger partial charge is 0.504 e. The van der Waals surface area contributed by atoms with Gasteiger partial charge in [0.05, 0.1) is 13.2 Å². The Hall–Kier alpha value is -1.22. The Morgan fingerprint density at radius 1 is 1.27 bits per heavy atom. The molecule has 0 aliphatic rings. The zero-order valence-corrected chi connectivity index (χ0v) is 9.61. The number of ether oxygens (including phenoxy) is 1. The van der Waals surface area contributed by atoms with Gasteiger partial charge in [-0.3, -0.25) is 0 Å². The van der Waals surface area contributed by atoms with Gasteiger partial charge in [0.2, 0.25) is 0 Å². The highest BCUT2D eigenvalue weighted by Crippen LogP contribution is 2.36. The molecule has 15 heavy (non-hydrogen) atoms. The van der Waals surface area contributed by atoms with E-state index in [1.165, 1.54) is 13.2 Å². The van der Waals surface area contributed by atoms with Crippen molar-refractivity contribution in [2.45, 2.75) is 26.9 Å². The molecule has 0 bridgehead atoms. The molecular formula is C12H18O3. The van der Waals surface area contributed by atoms with E-state index in [4.69, 9.17) is 4.74 Å². The van der Waals surface area contributed by atoms with Crippen LogP contribution in [0.1, 0.15) is 32.4 Å². The van der Waals surface area contributed by atoms with Crippen LogP contribution in [0, 0.1) is 5.41 Å². The van der Waals surface area contributed by atoms with Gasteiger partial charge in [0.1, 0.15) is 0 Å². The predicted molar refractivity (Wildman–Crippen MR) is 59.1 cm³/mol. The third-order valence-corrected chi connectivity index (χ3v) is 2.34. The fraction of sp³-hybridized carbons (Fsp3) is 0.500. The van der Waals surface area contributed by atoms with Crippen LogP contribution in [0.4, 0.5) is 0 Å². The van der Waals surface area contributed by atoms with E-state index in [2.05, 4.69) is 0 Å². The Bertz CT molecular complexity index is 339. The van der Waals surface area contributed by atoms with Crippen molar-refractivity contribution in [1.82, 2.24) is 0 Å². The first kappa shape index (κ1) is 11.9. The lowest BCUT2D eigenvalue weighted by Gasteiger charge is -2.26. The zero-order chi connectivity index (χ0) is 11.6. The van der Waals surface area contributed by atoms with Crippen molar-refractivity contribution in [2.75, 3.05) is 7.11 Å². The van der Waals surface area contributed by atoms with E-state index < -0.39 is 6.10 Å². The molecule has 1 unspecified atom stereocenters. The second-order valence-electron chi connectivity index (χ2n) is 4.70. The molecule has 0 aromatic heterocycles. The lowest BCUT2D eigenvalue weighted by Crippen LogP contribution is -2.17. The molecule has 2 N–H and O–H groups in total. The summed E-state index contributed by atoms with van der Waals surface area (Å²) in [6, 6.07) is 4.89. The fourth-order valence-electron chi connectivity index (χ4n) is 1.36. The van der Waals surface area contributed by atoms with Crippen LogP contribution in [0.5, 0.6) is 11.5 Å². The van der Waals surface area contributed by atoms with E-state index in [-0.39, 0.29) is 11.2 Å². The van der Waals surface area contributed by atoms with Crippen molar-refractivity contribution in [2.24, 2.45) is 5.41 Å². The highest BCUT2D eigenvalue weighted by Gasteiger charge is 2.24. The first-order valence-electron chi connectivity index (χ1n) is 4.91. The van der Waals surface area contributed by atoms with Crippen molar-refractivity contribution >= 4 is 0 Å². The Morgan fingerprint density at radius 3 is 2.33 bits per heavy atom. The van der Waals surface area contributed by atoms with Gasteiger partial charge < -0.3 is 14.9 Å². The minimum atomic E-state index is -0.577. The van der Waals surface area contributed by atoms with Gasteiger partial charge in [-0.25, -0.2) is 0 Å². The summed E-state index contributed by atoms with van der Waals surface area (Å²) in [6.07, 6.45) is -0.577. The number of hydrogen-bond acceptors (Lipinski definition) is 3. The SMILES string of the molecule is COc1cc(C(O)C(C)(C)C)ccc1O. The van der Waals surface area contributed by atoms with Gasteiger partial charge in [-0.2, -0.15) is 0 Å². The van der Waals surface area contributed by atoms with E-state index in [1.54, 1.807) is 12.1 Å². The molecule has 3 nitrogen and oxygen atoms in total. The molecule has 3 heteroatoms. The maximum absolute atomic E-state index is 10.0. The summed E-state index contributed by atoms with van der Waals surface area (Å²) in [6.45, 7) is 5.87. The molecule has 1 atom stereocenters. The van der Waals surface area contributed by atoms with E-state index in [0.29, 0.717) is 5.75 Å². The Balaban J connectivity index is 3.06. The molecule has 0 spiro atoms. The van der Waals surface area contributed by atoms with Crippen molar-refractivity contribution < 1.29 is 14.9 Å². The minimum absolute atomic E-state index is 0.0855. The molecule has 0 radical (unpaired) electrons. The summed E-state index contributed by atoms with van der Waals surface area (Å²) in [4.78, 5) is 0. The summed E-state index contributed by atoms with van der Waals surface area (Å²) in [5, 5.41) is 19.4. The van der Waals surface area contributed by atoms with E-state index in [0.717, 1.165) is 5.56 Å². The van der Waals surface area contributed by atoms with Gasteiger partial charge >= 0.3 is 0 Å². The fourth-order valence-corrected chi connectivity index (χ4v) is 1.36. The molecular weight excluding hydrogens is 192 g/mol. The van der Waals surface area contributed by atoms with E-state index >= 15 is 0 Å². The second-order valence-corrected chi connectivity index (χ2v) is 4.70. The smallest absolute Gasteiger partial charge is 0.160 e. The Labute approximate surface area is 90.3 Å². The van der Waals surface area contributed by atoms with Gasteiger partial charge in [0.25, 0.3) is 0 Å². The van der Waals surface area contributed by atoms with Crippen LogP contribution < -0.4 is 4.74 Å². The number of aromatic hydroxyl groups is 1. The number of hydrogen-bond donors (Lipinski definition) is 2. The first-order chi connectivity index (χ1) is 6.86. The zero-order valence-electron chi connectivity index (χ0n) is 9.61. The van der Waals surface area contributed by atoms with E-state index in [1.807, 2.05) is 20.8 Å². The van der Waals surface area contributed by atoms with Crippen LogP contribution in [0.25, 0.3) is 0 Å². The highest BCUT2D eigenvalue weighted by molar-refractivity contribution is 5.42. The quantitative estimate of drug-likeness (QED) is 0.788. The molecule has 0 aliphatic carbocycles. The van der Waals surface area contributed by atoms with Gasteiger partial charge in [0.15, 0.2) is 11.5 Å². The normalized spacial score (nSPS) is 13.7. The number of phenols is 1. The molecule has 0 heterocycles. The Morgan fingerprint density at radius 2 is 1.87 bits per heavy atom. The summed E-state index contributed by atoms with van der Waals surface area (Å²) in [7, 11) is 1.49. The summed E-state index contributed by atoms with van der Waals surface area (Å²) in [5.41, 5.74) is 0.513. The average Bonchev–Trinajstić information content (AvgIpc) is 2.16. The van der Waals surface area contributed by atoms with Crippen LogP contribution in [-0.2, 0) is 0 Å². The van der Waals surface area contributed by atoms with Crippen molar-refractivity contribution in [1.29, 1.82) is 0 Å². The Kier molecular flexibility index (Phi) is 3.25. The number of methoxy groups -OCH3 is 1. The van der Waals surface area contributed by atoms with Crippen LogP contribution in [0.2, 0.25) is 0 Å². The molecule has 0 fully saturated rings. The monoisotopic (exact) mass is 210 g/mol. The van der Waals surface area contributed by atoms with Gasteiger partial charge in [0, 0.05) is 0 Å². The summed E-state index contributed by atoms with van der Waals surface area (Å²) >= 11 is 0. The number of aliphatic hydroxyl groups excluding tert-OH is 1. The molecule has 1 aromatic carbocycles. The molecule has 1 rings (SSSR count). The third kappa shape index (κ3) is 2.63. The predicted octanol–water partition coefficient (Wildman–Crippen LogP) is 2.48. The van der Waals surface area contributed by atoms with Crippen LogP contribution in [0.3, 0.4) is 0 Å². The topological polar surface area (TPSA) is 49.7 Å². The van der Waals surface area contributed by atoms with Crippen molar-refractivity contribution in [3.8, 4) is 11.5 Å². The second kappa shape index (κ2) is 4.11. The first-order valence-corrected chi connectivity index (χ1v) is 4.91. The van der Waals surface area contributed by atoms with E-state index in [9.17, 15) is 10.2 Å². The lowest BCUT2D eigenvalue weighted by atomic mass is 9.85. The summed E-state index contributed by atoms with van der Waals surface area (Å²) in [5.74, 6) is 0.471. The van der Waals surface area contributed by atoms with Gasteiger partial charge in [-0.1, -0.05) is 26.8 Å². The summed E-state index contributed by atoms with van der Waals surface area (Å²) < 4.78 is 4.99. The molecule has 0 aliphatic heterocycles. The molecule has 84 valence electrons. The molecule has 1 aromatic rings. The van der Waals surface area contributed by atoms with Crippen molar-refractivity contribution in [3.05, 3.63) is 23.8 Å². The van der Waals surface area contributed by atoms with Crippen LogP contribution in [0.15, 0.2) is 18.2 Å². The van der Waals surface area contributed by atoms with Crippen LogP contribution in [-0.4, -0.2) is 17.3 Å². The maximum Gasteiger partial charge on any atom is 0.160 e. The molecule has 0 saturated heterocycles. The highest BCUT2D eigenvalue weighted by atomic mass is 16.5. The number of aliphatic hydroxyl groups is 1. The maximum atomic E-state index is 10.0. The molecule has 0 saturated carbocycles. The van der Waals surface area contributed by atoms with Gasteiger partial charge in [-0.15, -0.1) is 0 Å². The average molecular weight is 210 g/mol. The van der Waals surface area contributed by atoms with Gasteiger partial charge in [-0.05, 0) is 23.1 Å².